The Labute approximate surface area is 207 Å². The first-order valence-corrected chi connectivity index (χ1v) is 11.2. The molecule has 176 valence electrons. The minimum atomic E-state index is -0.382. The molecule has 0 atom stereocenters. The molecule has 3 rings (SSSR count). The second-order valence-electron chi connectivity index (χ2n) is 7.13. The molecule has 0 aliphatic rings. The zero-order valence-corrected chi connectivity index (χ0v) is 20.1. The third-order valence-corrected chi connectivity index (χ3v) is 5.24. The second-order valence-corrected chi connectivity index (χ2v) is 7.94. The number of halogens is 2. The lowest BCUT2D eigenvalue weighted by atomic mass is 10.2. The van der Waals surface area contributed by atoms with Crippen LogP contribution in [0.15, 0.2) is 65.8 Å². The fourth-order valence-corrected chi connectivity index (χ4v) is 3.34. The maximum atomic E-state index is 12.3. The predicted molar refractivity (Wildman–Crippen MR) is 134 cm³/mol. The van der Waals surface area contributed by atoms with Gasteiger partial charge in [0.15, 0.2) is 18.1 Å². The monoisotopic (exact) mass is 499 g/mol. The van der Waals surface area contributed by atoms with Gasteiger partial charge in [-0.25, -0.2) is 5.43 Å². The van der Waals surface area contributed by atoms with Crippen LogP contribution in [0, 0.1) is 6.92 Å². The molecule has 0 bridgehead atoms. The largest absolute Gasteiger partial charge is 0.490 e. The number of anilines is 1. The SMILES string of the molecule is CCOc1cc(/C=N/NC(=O)c2ccccc2)cc(Cl)c1OCC(=O)Nc1ccc(C)c(Cl)c1. The third kappa shape index (κ3) is 6.97. The summed E-state index contributed by atoms with van der Waals surface area (Å²) < 4.78 is 11.3. The summed E-state index contributed by atoms with van der Waals surface area (Å²) in [7, 11) is 0. The molecule has 0 aliphatic heterocycles. The molecule has 0 heterocycles. The number of carbonyl (C=O) groups excluding carboxylic acids is 2. The zero-order valence-electron chi connectivity index (χ0n) is 18.6. The molecule has 2 amide bonds. The molecular formula is C25H23Cl2N3O4. The van der Waals surface area contributed by atoms with Crippen molar-refractivity contribution in [3.8, 4) is 11.5 Å². The van der Waals surface area contributed by atoms with Crippen molar-refractivity contribution in [1.82, 2.24) is 5.43 Å². The van der Waals surface area contributed by atoms with E-state index in [-0.39, 0.29) is 29.2 Å². The first-order valence-electron chi connectivity index (χ1n) is 10.4. The van der Waals surface area contributed by atoms with Crippen molar-refractivity contribution in [1.29, 1.82) is 0 Å². The van der Waals surface area contributed by atoms with Crippen LogP contribution in [0.2, 0.25) is 10.0 Å². The van der Waals surface area contributed by atoms with Crippen molar-refractivity contribution in [2.24, 2.45) is 5.10 Å². The fraction of sp³-hybridized carbons (Fsp3) is 0.160. The molecule has 9 heteroatoms. The summed E-state index contributed by atoms with van der Waals surface area (Å²) in [5.74, 6) is -0.149. The Balaban J connectivity index is 1.66. The lowest BCUT2D eigenvalue weighted by molar-refractivity contribution is -0.118. The van der Waals surface area contributed by atoms with Crippen LogP contribution in [-0.4, -0.2) is 31.2 Å². The normalized spacial score (nSPS) is 10.7. The Morgan fingerprint density at radius 1 is 1.00 bits per heavy atom. The average Bonchev–Trinajstić information content (AvgIpc) is 2.81. The highest BCUT2D eigenvalue weighted by Crippen LogP contribution is 2.36. The van der Waals surface area contributed by atoms with Crippen molar-refractivity contribution in [3.05, 3.63) is 87.4 Å². The van der Waals surface area contributed by atoms with Gasteiger partial charge in [0, 0.05) is 16.3 Å². The number of nitrogens with zero attached hydrogens (tertiary/aromatic N) is 1. The van der Waals surface area contributed by atoms with Gasteiger partial charge in [0.2, 0.25) is 0 Å². The summed E-state index contributed by atoms with van der Waals surface area (Å²) in [6.45, 7) is 3.75. The number of hydrogen-bond acceptors (Lipinski definition) is 5. The van der Waals surface area contributed by atoms with Gasteiger partial charge in [-0.2, -0.15) is 5.10 Å². The smallest absolute Gasteiger partial charge is 0.271 e. The van der Waals surface area contributed by atoms with Gasteiger partial charge >= 0.3 is 0 Å². The highest BCUT2D eigenvalue weighted by molar-refractivity contribution is 6.32. The minimum Gasteiger partial charge on any atom is -0.490 e. The Morgan fingerprint density at radius 3 is 2.47 bits per heavy atom. The summed E-state index contributed by atoms with van der Waals surface area (Å²) in [6.07, 6.45) is 1.44. The molecule has 0 radical (unpaired) electrons. The molecule has 0 unspecified atom stereocenters. The number of carbonyl (C=O) groups is 2. The summed E-state index contributed by atoms with van der Waals surface area (Å²) in [4.78, 5) is 24.4. The minimum absolute atomic E-state index is 0.228. The van der Waals surface area contributed by atoms with Crippen LogP contribution in [-0.2, 0) is 4.79 Å². The number of nitrogens with one attached hydrogen (secondary N) is 2. The van der Waals surface area contributed by atoms with Gasteiger partial charge in [0.05, 0.1) is 17.8 Å². The standard InChI is InChI=1S/C25H23Cl2N3O4/c1-3-33-22-12-17(14-28-30-25(32)18-7-5-4-6-8-18)11-21(27)24(22)34-15-23(31)29-19-10-9-16(2)20(26)13-19/h4-14H,3,15H2,1-2H3,(H,29,31)(H,30,32)/b28-14+. The molecule has 34 heavy (non-hydrogen) atoms. The number of benzene rings is 3. The van der Waals surface area contributed by atoms with Crippen molar-refractivity contribution in [3.63, 3.8) is 0 Å². The van der Waals surface area contributed by atoms with Crippen LogP contribution in [0.4, 0.5) is 5.69 Å². The van der Waals surface area contributed by atoms with Gasteiger partial charge in [-0.1, -0.05) is 47.5 Å². The van der Waals surface area contributed by atoms with E-state index < -0.39 is 0 Å². The molecule has 0 aromatic heterocycles. The van der Waals surface area contributed by atoms with Crippen molar-refractivity contribution >= 4 is 46.9 Å². The fourth-order valence-electron chi connectivity index (χ4n) is 2.89. The molecule has 0 saturated heterocycles. The maximum absolute atomic E-state index is 12.3. The third-order valence-electron chi connectivity index (χ3n) is 4.55. The van der Waals surface area contributed by atoms with Crippen LogP contribution < -0.4 is 20.2 Å². The summed E-state index contributed by atoms with van der Waals surface area (Å²) in [5.41, 5.74) is 4.99. The lowest BCUT2D eigenvalue weighted by Crippen LogP contribution is -2.20. The predicted octanol–water partition coefficient (Wildman–Crippen LogP) is 5.48. The number of hydrogen-bond donors (Lipinski definition) is 2. The Bertz CT molecular complexity index is 1200. The molecule has 7 nitrogen and oxygen atoms in total. The van der Waals surface area contributed by atoms with E-state index in [9.17, 15) is 9.59 Å². The lowest BCUT2D eigenvalue weighted by Gasteiger charge is -2.14. The van der Waals surface area contributed by atoms with Crippen LogP contribution in [0.3, 0.4) is 0 Å². The molecule has 3 aromatic carbocycles. The van der Waals surface area contributed by atoms with E-state index in [4.69, 9.17) is 32.7 Å². The maximum Gasteiger partial charge on any atom is 0.271 e. The number of hydrazone groups is 1. The van der Waals surface area contributed by atoms with Gasteiger partial charge < -0.3 is 14.8 Å². The van der Waals surface area contributed by atoms with Gasteiger partial charge in [-0.05, 0) is 61.4 Å². The first-order chi connectivity index (χ1) is 16.4. The van der Waals surface area contributed by atoms with E-state index in [1.54, 1.807) is 48.5 Å². The molecule has 0 spiro atoms. The topological polar surface area (TPSA) is 89.0 Å². The van der Waals surface area contributed by atoms with E-state index >= 15 is 0 Å². The molecule has 0 aliphatic carbocycles. The van der Waals surface area contributed by atoms with Crippen LogP contribution in [0.25, 0.3) is 0 Å². The Kier molecular flexibility index (Phi) is 8.90. The highest BCUT2D eigenvalue weighted by atomic mass is 35.5. The second kappa shape index (κ2) is 12.1. The van der Waals surface area contributed by atoms with E-state index in [1.807, 2.05) is 26.0 Å². The van der Waals surface area contributed by atoms with E-state index in [2.05, 4.69) is 15.8 Å². The number of amides is 2. The van der Waals surface area contributed by atoms with E-state index in [0.717, 1.165) is 5.56 Å². The first kappa shape index (κ1) is 25.1. The summed E-state index contributed by atoms with van der Waals surface area (Å²) in [5, 5.41) is 7.47. The van der Waals surface area contributed by atoms with E-state index in [1.165, 1.54) is 6.21 Å². The summed E-state index contributed by atoms with van der Waals surface area (Å²) >= 11 is 12.5. The van der Waals surface area contributed by atoms with Gasteiger partial charge in [-0.15, -0.1) is 0 Å². The Hall–Kier alpha value is -3.55. The van der Waals surface area contributed by atoms with Gasteiger partial charge in [0.1, 0.15) is 0 Å². The molecular weight excluding hydrogens is 477 g/mol. The number of rotatable bonds is 9. The van der Waals surface area contributed by atoms with Crippen LogP contribution in [0.5, 0.6) is 11.5 Å². The molecule has 0 saturated carbocycles. The van der Waals surface area contributed by atoms with E-state index in [0.29, 0.717) is 34.2 Å². The van der Waals surface area contributed by atoms with Crippen molar-refractivity contribution < 1.29 is 19.1 Å². The number of ether oxygens (including phenoxy) is 2. The quantitative estimate of drug-likeness (QED) is 0.301. The van der Waals surface area contributed by atoms with Gasteiger partial charge in [-0.3, -0.25) is 9.59 Å². The average molecular weight is 500 g/mol. The molecule has 3 aromatic rings. The Morgan fingerprint density at radius 2 is 1.76 bits per heavy atom. The summed E-state index contributed by atoms with van der Waals surface area (Å²) in [6, 6.07) is 17.2. The number of aryl methyl sites for hydroxylation is 1. The van der Waals surface area contributed by atoms with Crippen molar-refractivity contribution in [2.75, 3.05) is 18.5 Å². The van der Waals surface area contributed by atoms with Crippen LogP contribution in [0.1, 0.15) is 28.4 Å². The molecule has 2 N–H and O–H groups in total. The zero-order chi connectivity index (χ0) is 24.5. The van der Waals surface area contributed by atoms with Crippen molar-refractivity contribution in [2.45, 2.75) is 13.8 Å². The van der Waals surface area contributed by atoms with Gasteiger partial charge in [0.25, 0.3) is 11.8 Å². The molecule has 0 fully saturated rings. The van der Waals surface area contributed by atoms with Crippen LogP contribution >= 0.6 is 23.2 Å². The highest BCUT2D eigenvalue weighted by Gasteiger charge is 2.14.